The summed E-state index contributed by atoms with van der Waals surface area (Å²) in [6.45, 7) is 10.8. The Morgan fingerprint density at radius 2 is 1.71 bits per heavy atom. The van der Waals surface area contributed by atoms with Crippen LogP contribution >= 0.6 is 0 Å². The highest BCUT2D eigenvalue weighted by Gasteiger charge is 2.17. The van der Waals surface area contributed by atoms with E-state index >= 15 is 0 Å². The number of aromatic nitrogens is 4. The largest absolute Gasteiger partial charge is 0.459 e. The molecule has 3 rings (SSSR count). The SMILES string of the molecule is Cc1cc(C(C)(C)C)cc(C)c1COC(=O)Cn1nnc(-c2ccccc2)n1. The maximum Gasteiger partial charge on any atom is 0.330 e. The summed E-state index contributed by atoms with van der Waals surface area (Å²) < 4.78 is 5.47. The second-order valence-corrected chi connectivity index (χ2v) is 8.01. The first kappa shape index (κ1) is 19.7. The van der Waals surface area contributed by atoms with Crippen molar-refractivity contribution in [2.45, 2.75) is 53.2 Å². The van der Waals surface area contributed by atoms with Crippen LogP contribution in [0.3, 0.4) is 0 Å². The monoisotopic (exact) mass is 378 g/mol. The number of nitrogens with zero attached hydrogens (tertiary/aromatic N) is 4. The molecule has 6 heteroatoms. The first-order valence-electron chi connectivity index (χ1n) is 9.33. The Kier molecular flexibility index (Phi) is 5.58. The Bertz CT molecular complexity index is 949. The Balaban J connectivity index is 1.63. The van der Waals surface area contributed by atoms with Gasteiger partial charge < -0.3 is 4.74 Å². The van der Waals surface area contributed by atoms with Gasteiger partial charge in [-0.1, -0.05) is 63.2 Å². The minimum atomic E-state index is -0.393. The van der Waals surface area contributed by atoms with Gasteiger partial charge in [-0.3, -0.25) is 0 Å². The molecule has 1 heterocycles. The first-order chi connectivity index (χ1) is 13.2. The molecule has 0 aliphatic heterocycles. The van der Waals surface area contributed by atoms with Crippen LogP contribution in [-0.2, 0) is 28.1 Å². The number of ether oxygens (including phenoxy) is 1. The van der Waals surface area contributed by atoms with Crippen LogP contribution in [0.5, 0.6) is 0 Å². The lowest BCUT2D eigenvalue weighted by atomic mass is 9.84. The van der Waals surface area contributed by atoms with E-state index in [4.69, 9.17) is 4.74 Å². The quantitative estimate of drug-likeness (QED) is 0.628. The summed E-state index contributed by atoms with van der Waals surface area (Å²) in [5.74, 6) is 0.0913. The molecule has 0 atom stereocenters. The van der Waals surface area contributed by atoms with Crippen molar-refractivity contribution < 1.29 is 9.53 Å². The molecule has 2 aromatic carbocycles. The Hall–Kier alpha value is -3.02. The van der Waals surface area contributed by atoms with E-state index in [1.165, 1.54) is 10.4 Å². The number of hydrogen-bond acceptors (Lipinski definition) is 5. The van der Waals surface area contributed by atoms with Gasteiger partial charge in [0.05, 0.1) is 0 Å². The molecule has 0 unspecified atom stereocenters. The molecule has 146 valence electrons. The molecule has 0 N–H and O–H groups in total. The zero-order valence-electron chi connectivity index (χ0n) is 17.1. The van der Waals surface area contributed by atoms with Gasteiger partial charge in [0.1, 0.15) is 6.61 Å². The summed E-state index contributed by atoms with van der Waals surface area (Å²) in [7, 11) is 0. The van der Waals surface area contributed by atoms with Gasteiger partial charge in [0.15, 0.2) is 6.54 Å². The molecule has 3 aromatic rings. The third kappa shape index (κ3) is 4.63. The number of rotatable bonds is 5. The number of tetrazole rings is 1. The second-order valence-electron chi connectivity index (χ2n) is 8.01. The average molecular weight is 378 g/mol. The number of carbonyl (C=O) groups is 1. The standard InChI is InChI=1S/C22H26N4O2/c1-15-11-18(22(3,4)5)12-16(2)19(15)14-28-20(27)13-26-24-21(23-25-26)17-9-7-6-8-10-17/h6-12H,13-14H2,1-5H3. The zero-order valence-corrected chi connectivity index (χ0v) is 17.1. The van der Waals surface area contributed by atoms with Crippen molar-refractivity contribution in [3.63, 3.8) is 0 Å². The Morgan fingerprint density at radius 3 is 2.32 bits per heavy atom. The third-order valence-electron chi connectivity index (χ3n) is 4.69. The van der Waals surface area contributed by atoms with Gasteiger partial charge in [0, 0.05) is 5.56 Å². The van der Waals surface area contributed by atoms with Crippen LogP contribution in [0.15, 0.2) is 42.5 Å². The van der Waals surface area contributed by atoms with E-state index in [-0.39, 0.29) is 18.6 Å². The van der Waals surface area contributed by atoms with E-state index in [9.17, 15) is 4.79 Å². The summed E-state index contributed by atoms with van der Waals surface area (Å²) >= 11 is 0. The van der Waals surface area contributed by atoms with Crippen molar-refractivity contribution in [3.05, 3.63) is 64.7 Å². The summed E-state index contributed by atoms with van der Waals surface area (Å²) in [6.07, 6.45) is 0. The topological polar surface area (TPSA) is 69.9 Å². The number of esters is 1. The Labute approximate surface area is 165 Å². The molecule has 0 saturated heterocycles. The molecule has 0 radical (unpaired) electrons. The molecule has 0 amide bonds. The van der Waals surface area contributed by atoms with Crippen LogP contribution < -0.4 is 0 Å². The van der Waals surface area contributed by atoms with E-state index < -0.39 is 5.97 Å². The van der Waals surface area contributed by atoms with Crippen LogP contribution in [0.25, 0.3) is 11.4 Å². The molecule has 6 nitrogen and oxygen atoms in total. The lowest BCUT2D eigenvalue weighted by Crippen LogP contribution is -2.17. The number of carbonyl (C=O) groups excluding carboxylic acids is 1. The van der Waals surface area contributed by atoms with Crippen LogP contribution in [0, 0.1) is 13.8 Å². The summed E-state index contributed by atoms with van der Waals surface area (Å²) in [5, 5.41) is 12.2. The average Bonchev–Trinajstić information content (AvgIpc) is 3.09. The van der Waals surface area contributed by atoms with E-state index in [2.05, 4.69) is 62.2 Å². The zero-order chi connectivity index (χ0) is 20.3. The van der Waals surface area contributed by atoms with Gasteiger partial charge in [-0.2, -0.15) is 4.80 Å². The van der Waals surface area contributed by atoms with Gasteiger partial charge in [-0.15, -0.1) is 10.2 Å². The van der Waals surface area contributed by atoms with Crippen molar-refractivity contribution in [2.75, 3.05) is 0 Å². The normalized spacial score (nSPS) is 11.5. The van der Waals surface area contributed by atoms with Crippen molar-refractivity contribution in [1.82, 2.24) is 20.2 Å². The second kappa shape index (κ2) is 7.92. The highest BCUT2D eigenvalue weighted by Crippen LogP contribution is 2.27. The fourth-order valence-corrected chi connectivity index (χ4v) is 2.98. The van der Waals surface area contributed by atoms with Crippen LogP contribution in [0.2, 0.25) is 0 Å². The molecule has 0 saturated carbocycles. The van der Waals surface area contributed by atoms with E-state index in [1.807, 2.05) is 30.3 Å². The van der Waals surface area contributed by atoms with E-state index in [1.54, 1.807) is 0 Å². The van der Waals surface area contributed by atoms with Gasteiger partial charge in [-0.05, 0) is 46.7 Å². The van der Waals surface area contributed by atoms with Gasteiger partial charge in [-0.25, -0.2) is 4.79 Å². The lowest BCUT2D eigenvalue weighted by molar-refractivity contribution is -0.146. The summed E-state index contributed by atoms with van der Waals surface area (Å²) in [6, 6.07) is 13.9. The van der Waals surface area contributed by atoms with Crippen LogP contribution in [0.4, 0.5) is 0 Å². The predicted molar refractivity (Wildman–Crippen MR) is 108 cm³/mol. The molecular weight excluding hydrogens is 352 g/mol. The van der Waals surface area contributed by atoms with E-state index in [0.29, 0.717) is 5.82 Å². The highest BCUT2D eigenvalue weighted by molar-refractivity contribution is 5.69. The number of hydrogen-bond donors (Lipinski definition) is 0. The lowest BCUT2D eigenvalue weighted by Gasteiger charge is -2.22. The molecule has 0 aliphatic carbocycles. The maximum absolute atomic E-state index is 12.2. The molecule has 0 spiro atoms. The van der Waals surface area contributed by atoms with Gasteiger partial charge >= 0.3 is 5.97 Å². The van der Waals surface area contributed by atoms with Crippen molar-refractivity contribution in [3.8, 4) is 11.4 Å². The van der Waals surface area contributed by atoms with Crippen molar-refractivity contribution in [1.29, 1.82) is 0 Å². The van der Waals surface area contributed by atoms with E-state index in [0.717, 1.165) is 22.3 Å². The molecule has 28 heavy (non-hydrogen) atoms. The van der Waals surface area contributed by atoms with Crippen LogP contribution in [0.1, 0.15) is 43.0 Å². The number of aryl methyl sites for hydroxylation is 2. The molecule has 0 fully saturated rings. The summed E-state index contributed by atoms with van der Waals surface area (Å²) in [4.78, 5) is 13.5. The highest BCUT2D eigenvalue weighted by atomic mass is 16.5. The van der Waals surface area contributed by atoms with Gasteiger partial charge in [0.2, 0.25) is 5.82 Å². The van der Waals surface area contributed by atoms with Crippen LogP contribution in [-0.4, -0.2) is 26.2 Å². The van der Waals surface area contributed by atoms with Crippen molar-refractivity contribution >= 4 is 5.97 Å². The number of benzene rings is 2. The third-order valence-corrected chi connectivity index (χ3v) is 4.69. The fraction of sp³-hybridized carbons (Fsp3) is 0.364. The minimum Gasteiger partial charge on any atom is -0.459 e. The summed E-state index contributed by atoms with van der Waals surface area (Å²) in [5.41, 5.74) is 5.51. The smallest absolute Gasteiger partial charge is 0.330 e. The molecule has 0 aliphatic rings. The molecule has 1 aromatic heterocycles. The maximum atomic E-state index is 12.2. The van der Waals surface area contributed by atoms with Gasteiger partial charge in [0.25, 0.3) is 0 Å². The first-order valence-corrected chi connectivity index (χ1v) is 9.33. The predicted octanol–water partition coefficient (Wildman–Crippen LogP) is 4.00. The fourth-order valence-electron chi connectivity index (χ4n) is 2.98. The molecular formula is C22H26N4O2. The Morgan fingerprint density at radius 1 is 1.07 bits per heavy atom. The van der Waals surface area contributed by atoms with Crippen molar-refractivity contribution in [2.24, 2.45) is 0 Å². The minimum absolute atomic E-state index is 0.0714. The molecule has 0 bridgehead atoms.